The van der Waals surface area contributed by atoms with Crippen LogP contribution in [0.25, 0.3) is 0 Å². The molecule has 1 rings (SSSR count). The number of unbranched alkanes of at least 4 members (excludes halogenated alkanes) is 1. The van der Waals surface area contributed by atoms with Crippen LogP contribution in [-0.4, -0.2) is 39.5 Å². The highest BCUT2D eigenvalue weighted by Gasteiger charge is 2.32. The number of rotatable bonds is 10. The lowest BCUT2D eigenvalue weighted by molar-refractivity contribution is 0.120. The summed E-state index contributed by atoms with van der Waals surface area (Å²) in [6, 6.07) is 1.02. The van der Waals surface area contributed by atoms with Crippen molar-refractivity contribution < 1.29 is 9.47 Å². The van der Waals surface area contributed by atoms with Crippen LogP contribution in [-0.2, 0) is 9.47 Å². The summed E-state index contributed by atoms with van der Waals surface area (Å²) >= 11 is 0. The van der Waals surface area contributed by atoms with Crippen LogP contribution in [0.4, 0.5) is 0 Å². The van der Waals surface area contributed by atoms with Gasteiger partial charge >= 0.3 is 0 Å². The van der Waals surface area contributed by atoms with Gasteiger partial charge in [-0.05, 0) is 25.2 Å². The highest BCUT2D eigenvalue weighted by molar-refractivity contribution is 4.88. The third-order valence-electron chi connectivity index (χ3n) is 3.26. The van der Waals surface area contributed by atoms with Crippen LogP contribution in [0.1, 0.15) is 39.0 Å². The van der Waals surface area contributed by atoms with Crippen LogP contribution >= 0.6 is 0 Å². The Morgan fingerprint density at radius 3 is 2.38 bits per heavy atom. The lowest BCUT2D eigenvalue weighted by Gasteiger charge is -2.25. The first kappa shape index (κ1) is 13.9. The minimum atomic E-state index is 0.491. The standard InChI is InChI=1S/C13H27NO2/c1-4-5-6-12(9-15-2)14-13(10-16-3)11-7-8-11/h11-14H,4-10H2,1-3H3. The molecule has 0 heterocycles. The lowest BCUT2D eigenvalue weighted by atomic mass is 10.1. The van der Waals surface area contributed by atoms with Crippen molar-refractivity contribution in [3.8, 4) is 0 Å². The van der Waals surface area contributed by atoms with E-state index >= 15 is 0 Å². The molecule has 1 saturated carbocycles. The van der Waals surface area contributed by atoms with Crippen molar-refractivity contribution in [3.63, 3.8) is 0 Å². The normalized spacial score (nSPS) is 19.7. The summed E-state index contributed by atoms with van der Waals surface area (Å²) in [4.78, 5) is 0. The van der Waals surface area contributed by atoms with Gasteiger partial charge in [0, 0.05) is 26.3 Å². The first-order chi connectivity index (χ1) is 7.81. The van der Waals surface area contributed by atoms with Gasteiger partial charge in [0.25, 0.3) is 0 Å². The minimum absolute atomic E-state index is 0.491. The molecular weight excluding hydrogens is 202 g/mol. The van der Waals surface area contributed by atoms with Gasteiger partial charge in [0.1, 0.15) is 0 Å². The monoisotopic (exact) mass is 229 g/mol. The quantitative estimate of drug-likeness (QED) is 0.623. The SMILES string of the molecule is CCCCC(COC)NC(COC)C1CC1. The van der Waals surface area contributed by atoms with Gasteiger partial charge < -0.3 is 14.8 Å². The summed E-state index contributed by atoms with van der Waals surface area (Å²) < 4.78 is 10.6. The molecule has 0 spiro atoms. The largest absolute Gasteiger partial charge is 0.383 e. The third kappa shape index (κ3) is 5.28. The molecule has 0 amide bonds. The Hall–Kier alpha value is -0.120. The average molecular weight is 229 g/mol. The molecule has 1 fully saturated rings. The summed E-state index contributed by atoms with van der Waals surface area (Å²) in [5, 5.41) is 3.70. The number of ether oxygens (including phenoxy) is 2. The zero-order valence-electron chi connectivity index (χ0n) is 11.0. The van der Waals surface area contributed by atoms with Crippen molar-refractivity contribution in [2.24, 2.45) is 5.92 Å². The van der Waals surface area contributed by atoms with Gasteiger partial charge in [0.2, 0.25) is 0 Å². The topological polar surface area (TPSA) is 30.5 Å². The lowest BCUT2D eigenvalue weighted by Crippen LogP contribution is -2.44. The van der Waals surface area contributed by atoms with Gasteiger partial charge in [0.05, 0.1) is 13.2 Å². The Bertz CT molecular complexity index is 171. The molecule has 3 heteroatoms. The fraction of sp³-hybridized carbons (Fsp3) is 1.00. The molecule has 3 nitrogen and oxygen atoms in total. The van der Waals surface area contributed by atoms with Gasteiger partial charge in [-0.3, -0.25) is 0 Å². The first-order valence-corrected chi connectivity index (χ1v) is 6.55. The Kier molecular flexibility index (Phi) is 7.01. The summed E-state index contributed by atoms with van der Waals surface area (Å²) in [5.74, 6) is 0.834. The zero-order chi connectivity index (χ0) is 11.8. The predicted molar refractivity (Wildman–Crippen MR) is 66.7 cm³/mol. The minimum Gasteiger partial charge on any atom is -0.383 e. The van der Waals surface area contributed by atoms with E-state index in [0.717, 1.165) is 19.1 Å². The molecule has 0 aromatic heterocycles. The molecule has 96 valence electrons. The Balaban J connectivity index is 2.30. The molecule has 0 aromatic carbocycles. The smallest absolute Gasteiger partial charge is 0.0618 e. The molecule has 1 aliphatic rings. The van der Waals surface area contributed by atoms with Crippen molar-refractivity contribution >= 4 is 0 Å². The molecule has 0 aromatic rings. The van der Waals surface area contributed by atoms with Crippen LogP contribution in [0.3, 0.4) is 0 Å². The fourth-order valence-electron chi connectivity index (χ4n) is 2.17. The fourth-order valence-corrected chi connectivity index (χ4v) is 2.17. The number of hydrogen-bond acceptors (Lipinski definition) is 3. The maximum Gasteiger partial charge on any atom is 0.0618 e. The second-order valence-electron chi connectivity index (χ2n) is 4.86. The van der Waals surface area contributed by atoms with Gasteiger partial charge in [-0.15, -0.1) is 0 Å². The van der Waals surface area contributed by atoms with Crippen LogP contribution < -0.4 is 5.32 Å². The van der Waals surface area contributed by atoms with E-state index in [2.05, 4.69) is 12.2 Å². The highest BCUT2D eigenvalue weighted by Crippen LogP contribution is 2.33. The third-order valence-corrected chi connectivity index (χ3v) is 3.26. The van der Waals surface area contributed by atoms with E-state index < -0.39 is 0 Å². The summed E-state index contributed by atoms with van der Waals surface area (Å²) in [6.07, 6.45) is 6.44. The van der Waals surface area contributed by atoms with Crippen molar-refractivity contribution in [1.82, 2.24) is 5.32 Å². The molecule has 0 saturated heterocycles. The second-order valence-corrected chi connectivity index (χ2v) is 4.86. The summed E-state index contributed by atoms with van der Waals surface area (Å²) in [6.45, 7) is 3.88. The van der Waals surface area contributed by atoms with E-state index in [1.54, 1.807) is 14.2 Å². The molecule has 1 aliphatic carbocycles. The molecule has 2 unspecified atom stereocenters. The van der Waals surface area contributed by atoms with Gasteiger partial charge in [-0.2, -0.15) is 0 Å². The number of hydrogen-bond donors (Lipinski definition) is 1. The average Bonchev–Trinajstić information content (AvgIpc) is 3.09. The van der Waals surface area contributed by atoms with E-state index in [1.807, 2.05) is 0 Å². The zero-order valence-corrected chi connectivity index (χ0v) is 11.0. The predicted octanol–water partition coefficient (Wildman–Crippen LogP) is 2.21. The Labute approximate surface area is 99.9 Å². The van der Waals surface area contributed by atoms with Crippen LogP contribution in [0, 0.1) is 5.92 Å². The van der Waals surface area contributed by atoms with Crippen molar-refractivity contribution in [1.29, 1.82) is 0 Å². The van der Waals surface area contributed by atoms with Crippen LogP contribution in [0.2, 0.25) is 0 Å². The second kappa shape index (κ2) is 8.04. The van der Waals surface area contributed by atoms with Crippen molar-refractivity contribution in [2.75, 3.05) is 27.4 Å². The highest BCUT2D eigenvalue weighted by atomic mass is 16.5. The molecule has 2 atom stereocenters. The Morgan fingerprint density at radius 1 is 1.19 bits per heavy atom. The maximum atomic E-state index is 5.29. The first-order valence-electron chi connectivity index (χ1n) is 6.55. The molecule has 16 heavy (non-hydrogen) atoms. The molecule has 0 aliphatic heterocycles. The van der Waals surface area contributed by atoms with E-state index in [0.29, 0.717) is 12.1 Å². The van der Waals surface area contributed by atoms with E-state index in [1.165, 1.54) is 32.1 Å². The van der Waals surface area contributed by atoms with Gasteiger partial charge in [-0.25, -0.2) is 0 Å². The van der Waals surface area contributed by atoms with E-state index in [4.69, 9.17) is 9.47 Å². The van der Waals surface area contributed by atoms with Gasteiger partial charge in [-0.1, -0.05) is 19.8 Å². The Morgan fingerprint density at radius 2 is 1.88 bits per heavy atom. The summed E-state index contributed by atoms with van der Waals surface area (Å²) in [5.41, 5.74) is 0. The number of nitrogens with one attached hydrogen (secondary N) is 1. The molecule has 0 bridgehead atoms. The van der Waals surface area contributed by atoms with E-state index in [-0.39, 0.29) is 0 Å². The van der Waals surface area contributed by atoms with E-state index in [9.17, 15) is 0 Å². The molecule has 1 N–H and O–H groups in total. The number of methoxy groups -OCH3 is 2. The van der Waals surface area contributed by atoms with Crippen LogP contribution in [0.15, 0.2) is 0 Å². The molecular formula is C13H27NO2. The van der Waals surface area contributed by atoms with Crippen molar-refractivity contribution in [2.45, 2.75) is 51.1 Å². The van der Waals surface area contributed by atoms with Crippen molar-refractivity contribution in [3.05, 3.63) is 0 Å². The molecule has 0 radical (unpaired) electrons. The maximum absolute atomic E-state index is 5.29. The van der Waals surface area contributed by atoms with Gasteiger partial charge in [0.15, 0.2) is 0 Å². The van der Waals surface area contributed by atoms with Crippen LogP contribution in [0.5, 0.6) is 0 Å². The summed E-state index contributed by atoms with van der Waals surface area (Å²) in [7, 11) is 3.57.